The molecule has 0 radical (unpaired) electrons. The van der Waals surface area contributed by atoms with Crippen molar-refractivity contribution in [3.63, 3.8) is 0 Å². The van der Waals surface area contributed by atoms with Crippen LogP contribution in [0.1, 0.15) is 10.9 Å². The van der Waals surface area contributed by atoms with Crippen LogP contribution in [-0.2, 0) is 0 Å². The summed E-state index contributed by atoms with van der Waals surface area (Å²) in [6.45, 7) is 0.548. The SMILES string of the molecule is CN(C)C(CNC(=O)Nc1ccccn1)c1cccs1. The van der Waals surface area contributed by atoms with Crippen molar-refractivity contribution >= 4 is 23.2 Å². The van der Waals surface area contributed by atoms with Gasteiger partial charge in [-0.05, 0) is 37.7 Å². The second-order valence-electron chi connectivity index (χ2n) is 4.54. The molecule has 0 aliphatic carbocycles. The first-order valence-corrected chi connectivity index (χ1v) is 7.20. The first kappa shape index (κ1) is 14.5. The van der Waals surface area contributed by atoms with Crippen LogP contribution in [0, 0.1) is 0 Å². The Labute approximate surface area is 122 Å². The number of carbonyl (C=O) groups excluding carboxylic acids is 1. The van der Waals surface area contributed by atoms with Gasteiger partial charge in [0.1, 0.15) is 5.82 Å². The fraction of sp³-hybridized carbons (Fsp3) is 0.286. The first-order valence-electron chi connectivity index (χ1n) is 6.32. The molecule has 1 unspecified atom stereocenters. The van der Waals surface area contributed by atoms with Gasteiger partial charge in [-0.1, -0.05) is 12.1 Å². The molecule has 0 aliphatic heterocycles. The zero-order valence-electron chi connectivity index (χ0n) is 11.5. The van der Waals surface area contributed by atoms with Crippen LogP contribution in [0.2, 0.25) is 0 Å². The van der Waals surface area contributed by atoms with E-state index in [4.69, 9.17) is 0 Å². The largest absolute Gasteiger partial charge is 0.336 e. The summed E-state index contributed by atoms with van der Waals surface area (Å²) in [7, 11) is 4.01. The number of likely N-dealkylation sites (N-methyl/N-ethyl adjacent to an activating group) is 1. The van der Waals surface area contributed by atoms with Gasteiger partial charge < -0.3 is 10.2 Å². The van der Waals surface area contributed by atoms with Gasteiger partial charge in [0.25, 0.3) is 0 Å². The van der Waals surface area contributed by atoms with Crippen molar-refractivity contribution in [2.24, 2.45) is 0 Å². The van der Waals surface area contributed by atoms with E-state index < -0.39 is 0 Å². The Morgan fingerprint density at radius 3 is 2.80 bits per heavy atom. The van der Waals surface area contributed by atoms with Crippen LogP contribution >= 0.6 is 11.3 Å². The van der Waals surface area contributed by atoms with Crippen LogP contribution in [0.3, 0.4) is 0 Å². The van der Waals surface area contributed by atoms with Gasteiger partial charge in [0, 0.05) is 17.6 Å². The van der Waals surface area contributed by atoms with Gasteiger partial charge in [-0.15, -0.1) is 11.3 Å². The van der Waals surface area contributed by atoms with Gasteiger partial charge >= 0.3 is 6.03 Å². The molecule has 0 spiro atoms. The highest BCUT2D eigenvalue weighted by Gasteiger charge is 2.16. The third kappa shape index (κ3) is 4.04. The smallest absolute Gasteiger partial charge is 0.320 e. The molecule has 2 amide bonds. The van der Waals surface area contributed by atoms with Crippen LogP contribution in [0.25, 0.3) is 0 Å². The van der Waals surface area contributed by atoms with Crippen LogP contribution in [0.4, 0.5) is 10.6 Å². The van der Waals surface area contributed by atoms with Crippen molar-refractivity contribution in [2.45, 2.75) is 6.04 Å². The van der Waals surface area contributed by atoms with Crippen LogP contribution in [-0.4, -0.2) is 36.6 Å². The number of pyridine rings is 1. The van der Waals surface area contributed by atoms with E-state index >= 15 is 0 Å². The van der Waals surface area contributed by atoms with E-state index in [1.54, 1.807) is 23.6 Å². The van der Waals surface area contributed by atoms with Crippen molar-refractivity contribution in [1.29, 1.82) is 0 Å². The molecule has 0 saturated heterocycles. The molecule has 2 heterocycles. The monoisotopic (exact) mass is 290 g/mol. The number of nitrogens with zero attached hydrogens (tertiary/aromatic N) is 2. The molecule has 0 saturated carbocycles. The highest BCUT2D eigenvalue weighted by molar-refractivity contribution is 7.10. The van der Waals surface area contributed by atoms with Crippen LogP contribution in [0.15, 0.2) is 41.9 Å². The summed E-state index contributed by atoms with van der Waals surface area (Å²) in [6.07, 6.45) is 1.64. The maximum Gasteiger partial charge on any atom is 0.320 e. The number of aromatic nitrogens is 1. The Kier molecular flexibility index (Phi) is 5.09. The average molecular weight is 290 g/mol. The first-order chi connectivity index (χ1) is 9.66. The molecule has 0 fully saturated rings. The van der Waals surface area contributed by atoms with E-state index in [1.165, 1.54) is 4.88 Å². The molecule has 106 valence electrons. The molecule has 2 aromatic heterocycles. The van der Waals surface area contributed by atoms with Crippen molar-refractivity contribution in [3.8, 4) is 0 Å². The standard InChI is InChI=1S/C14H18N4OS/c1-18(2)11(12-6-5-9-20-12)10-16-14(19)17-13-7-3-4-8-15-13/h3-9,11H,10H2,1-2H3,(H2,15,16,17,19). The summed E-state index contributed by atoms with van der Waals surface area (Å²) in [4.78, 5) is 19.2. The summed E-state index contributed by atoms with van der Waals surface area (Å²) < 4.78 is 0. The molecule has 5 nitrogen and oxygen atoms in total. The minimum absolute atomic E-state index is 0.171. The van der Waals surface area contributed by atoms with Crippen LogP contribution < -0.4 is 10.6 Å². The van der Waals surface area contributed by atoms with Crippen molar-refractivity contribution < 1.29 is 4.79 Å². The number of nitrogens with one attached hydrogen (secondary N) is 2. The molecule has 20 heavy (non-hydrogen) atoms. The number of hydrogen-bond donors (Lipinski definition) is 2. The molecule has 2 N–H and O–H groups in total. The zero-order valence-corrected chi connectivity index (χ0v) is 12.4. The number of hydrogen-bond acceptors (Lipinski definition) is 4. The molecule has 1 atom stereocenters. The molecule has 0 bridgehead atoms. The number of amides is 2. The van der Waals surface area contributed by atoms with Crippen molar-refractivity contribution in [3.05, 3.63) is 46.8 Å². The van der Waals surface area contributed by atoms with Gasteiger partial charge in [0.05, 0.1) is 6.04 Å². The van der Waals surface area contributed by atoms with Gasteiger partial charge in [0.15, 0.2) is 0 Å². The molecule has 6 heteroatoms. The van der Waals surface area contributed by atoms with Crippen LogP contribution in [0.5, 0.6) is 0 Å². The Morgan fingerprint density at radius 2 is 2.20 bits per heavy atom. The topological polar surface area (TPSA) is 57.3 Å². The Bertz CT molecular complexity index is 527. The third-order valence-corrected chi connectivity index (χ3v) is 3.83. The van der Waals surface area contributed by atoms with E-state index in [1.807, 2.05) is 37.7 Å². The predicted molar refractivity (Wildman–Crippen MR) is 82.0 cm³/mol. The molecule has 2 aromatic rings. The average Bonchev–Trinajstić information content (AvgIpc) is 2.93. The highest BCUT2D eigenvalue weighted by atomic mass is 32.1. The maximum absolute atomic E-state index is 11.8. The summed E-state index contributed by atoms with van der Waals surface area (Å²) in [5.74, 6) is 0.544. The summed E-state index contributed by atoms with van der Waals surface area (Å²) in [6, 6.07) is 9.41. The maximum atomic E-state index is 11.8. The van der Waals surface area contributed by atoms with E-state index in [0.29, 0.717) is 12.4 Å². The van der Waals surface area contributed by atoms with Crippen molar-refractivity contribution in [2.75, 3.05) is 26.0 Å². The van der Waals surface area contributed by atoms with E-state index in [-0.39, 0.29) is 12.1 Å². The number of anilines is 1. The lowest BCUT2D eigenvalue weighted by Gasteiger charge is -2.23. The minimum Gasteiger partial charge on any atom is -0.336 e. The number of carbonyl (C=O) groups is 1. The Balaban J connectivity index is 1.88. The highest BCUT2D eigenvalue weighted by Crippen LogP contribution is 2.22. The molecule has 0 aliphatic rings. The minimum atomic E-state index is -0.243. The van der Waals surface area contributed by atoms with Gasteiger partial charge in [-0.25, -0.2) is 9.78 Å². The second kappa shape index (κ2) is 7.02. The zero-order chi connectivity index (χ0) is 14.4. The molecular weight excluding hydrogens is 272 g/mol. The second-order valence-corrected chi connectivity index (χ2v) is 5.52. The number of urea groups is 1. The summed E-state index contributed by atoms with van der Waals surface area (Å²) in [5.41, 5.74) is 0. The summed E-state index contributed by atoms with van der Waals surface area (Å²) >= 11 is 1.69. The predicted octanol–water partition coefficient (Wildman–Crippen LogP) is 2.57. The van der Waals surface area contributed by atoms with E-state index in [0.717, 1.165) is 0 Å². The van der Waals surface area contributed by atoms with E-state index in [2.05, 4.69) is 26.6 Å². The van der Waals surface area contributed by atoms with Gasteiger partial charge in [-0.2, -0.15) is 0 Å². The lowest BCUT2D eigenvalue weighted by atomic mass is 10.2. The lowest BCUT2D eigenvalue weighted by molar-refractivity contribution is 0.244. The third-order valence-electron chi connectivity index (χ3n) is 2.86. The quantitative estimate of drug-likeness (QED) is 0.890. The lowest BCUT2D eigenvalue weighted by Crippen LogP contribution is -2.36. The summed E-state index contributed by atoms with van der Waals surface area (Å²) in [5, 5.41) is 7.62. The van der Waals surface area contributed by atoms with E-state index in [9.17, 15) is 4.79 Å². The fourth-order valence-electron chi connectivity index (χ4n) is 1.81. The normalized spacial score (nSPS) is 12.2. The Hall–Kier alpha value is -1.92. The van der Waals surface area contributed by atoms with Gasteiger partial charge in [0.2, 0.25) is 0 Å². The fourth-order valence-corrected chi connectivity index (χ4v) is 2.73. The number of thiophene rings is 1. The molecule has 2 rings (SSSR count). The molecular formula is C14H18N4OS. The molecule has 0 aromatic carbocycles. The van der Waals surface area contributed by atoms with Gasteiger partial charge in [-0.3, -0.25) is 5.32 Å². The van der Waals surface area contributed by atoms with Crippen molar-refractivity contribution in [1.82, 2.24) is 15.2 Å². The number of rotatable bonds is 5. The Morgan fingerprint density at radius 1 is 1.35 bits per heavy atom.